The fourth-order valence-corrected chi connectivity index (χ4v) is 3.27. The predicted octanol–water partition coefficient (Wildman–Crippen LogP) is 3.36. The van der Waals surface area contributed by atoms with Crippen molar-refractivity contribution >= 4 is 17.1 Å². The minimum Gasteiger partial charge on any atom is -0.293 e. The number of ketones is 1. The number of thiophene rings is 1. The van der Waals surface area contributed by atoms with Gasteiger partial charge in [-0.3, -0.25) is 9.78 Å². The van der Waals surface area contributed by atoms with Crippen molar-refractivity contribution in [1.29, 1.82) is 0 Å². The highest BCUT2D eigenvalue weighted by Crippen LogP contribution is 2.35. The van der Waals surface area contributed by atoms with Crippen LogP contribution in [0.4, 0.5) is 0 Å². The summed E-state index contributed by atoms with van der Waals surface area (Å²) < 4.78 is 0. The van der Waals surface area contributed by atoms with Gasteiger partial charge in [-0.05, 0) is 43.5 Å². The van der Waals surface area contributed by atoms with Gasteiger partial charge in [0.2, 0.25) is 0 Å². The van der Waals surface area contributed by atoms with Crippen LogP contribution in [0.25, 0.3) is 0 Å². The number of rotatable bonds is 2. The van der Waals surface area contributed by atoms with Crippen molar-refractivity contribution in [3.05, 3.63) is 51.5 Å². The van der Waals surface area contributed by atoms with Crippen LogP contribution in [0.5, 0.6) is 0 Å². The molecule has 1 aliphatic carbocycles. The third-order valence-corrected chi connectivity index (χ3v) is 4.27. The van der Waals surface area contributed by atoms with Crippen molar-refractivity contribution in [1.82, 2.24) is 4.98 Å². The van der Waals surface area contributed by atoms with Crippen LogP contribution >= 0.6 is 11.3 Å². The van der Waals surface area contributed by atoms with E-state index in [4.69, 9.17) is 0 Å². The molecule has 2 aromatic rings. The summed E-state index contributed by atoms with van der Waals surface area (Å²) in [4.78, 5) is 18.8. The molecule has 0 bridgehead atoms. The monoisotopic (exact) mass is 243 g/mol. The molecule has 2 aromatic heterocycles. The highest BCUT2D eigenvalue weighted by molar-refractivity contribution is 7.14. The lowest BCUT2D eigenvalue weighted by atomic mass is 10.0. The second kappa shape index (κ2) is 4.08. The number of hydrogen-bond donors (Lipinski definition) is 0. The summed E-state index contributed by atoms with van der Waals surface area (Å²) in [5.41, 5.74) is 2.22. The first-order valence-electron chi connectivity index (χ1n) is 5.80. The molecule has 3 heteroatoms. The van der Waals surface area contributed by atoms with Crippen LogP contribution in [0.2, 0.25) is 0 Å². The summed E-state index contributed by atoms with van der Waals surface area (Å²) in [6, 6.07) is 7.96. The number of hydrogen-bond acceptors (Lipinski definition) is 3. The van der Waals surface area contributed by atoms with E-state index in [0.717, 1.165) is 23.4 Å². The summed E-state index contributed by atoms with van der Waals surface area (Å²) in [7, 11) is 0. The summed E-state index contributed by atoms with van der Waals surface area (Å²) >= 11 is 1.58. The number of carbonyl (C=O) groups is 1. The van der Waals surface area contributed by atoms with Crippen LogP contribution in [-0.2, 0) is 6.42 Å². The Hall–Kier alpha value is -1.48. The zero-order valence-electron chi connectivity index (χ0n) is 9.64. The molecule has 0 N–H and O–H groups in total. The van der Waals surface area contributed by atoms with E-state index in [1.54, 1.807) is 17.5 Å². The highest BCUT2D eigenvalue weighted by atomic mass is 32.1. The topological polar surface area (TPSA) is 30.0 Å². The van der Waals surface area contributed by atoms with Gasteiger partial charge in [0.15, 0.2) is 5.78 Å². The number of Topliss-reactive ketones (excluding diaryl/α,β-unsaturated/α-hetero) is 1. The third-order valence-electron chi connectivity index (χ3n) is 3.26. The van der Waals surface area contributed by atoms with Gasteiger partial charge >= 0.3 is 0 Å². The molecule has 0 amide bonds. The lowest BCUT2D eigenvalue weighted by Gasteiger charge is -2.07. The Labute approximate surface area is 104 Å². The van der Waals surface area contributed by atoms with Crippen LogP contribution in [0, 0.1) is 6.92 Å². The van der Waals surface area contributed by atoms with Crippen molar-refractivity contribution in [2.75, 3.05) is 0 Å². The standard InChI is InChI=1S/C14H13NOS/c1-9-4-7-12(17-9)14(16)11-6-5-10-3-2-8-15-13(10)11/h2-4,7-8,11H,5-6H2,1H3. The molecule has 0 aliphatic heterocycles. The van der Waals surface area contributed by atoms with E-state index in [9.17, 15) is 4.79 Å². The molecular formula is C14H13NOS. The maximum atomic E-state index is 12.4. The fourth-order valence-electron chi connectivity index (χ4n) is 2.41. The zero-order valence-corrected chi connectivity index (χ0v) is 10.5. The van der Waals surface area contributed by atoms with Gasteiger partial charge in [-0.25, -0.2) is 0 Å². The van der Waals surface area contributed by atoms with Gasteiger partial charge in [0.25, 0.3) is 0 Å². The molecule has 1 atom stereocenters. The lowest BCUT2D eigenvalue weighted by molar-refractivity contribution is 0.0962. The van der Waals surface area contributed by atoms with Gasteiger partial charge in [-0.1, -0.05) is 6.07 Å². The first-order chi connectivity index (χ1) is 8.25. The van der Waals surface area contributed by atoms with Crippen molar-refractivity contribution in [3.63, 3.8) is 0 Å². The molecule has 0 saturated heterocycles. The maximum absolute atomic E-state index is 12.4. The average Bonchev–Trinajstić information content (AvgIpc) is 2.94. The van der Waals surface area contributed by atoms with E-state index in [0.29, 0.717) is 0 Å². The van der Waals surface area contributed by atoms with Crippen molar-refractivity contribution < 1.29 is 4.79 Å². The van der Waals surface area contributed by atoms with E-state index < -0.39 is 0 Å². The van der Waals surface area contributed by atoms with E-state index >= 15 is 0 Å². The number of fused-ring (bicyclic) bond motifs is 1. The van der Waals surface area contributed by atoms with Crippen LogP contribution in [0.3, 0.4) is 0 Å². The van der Waals surface area contributed by atoms with Crippen molar-refractivity contribution in [2.45, 2.75) is 25.7 Å². The summed E-state index contributed by atoms with van der Waals surface area (Å²) in [5, 5.41) is 0. The van der Waals surface area contributed by atoms with Gasteiger partial charge in [-0.15, -0.1) is 11.3 Å². The van der Waals surface area contributed by atoms with Crippen molar-refractivity contribution in [2.24, 2.45) is 0 Å². The van der Waals surface area contributed by atoms with Gasteiger partial charge in [0.1, 0.15) is 0 Å². The highest BCUT2D eigenvalue weighted by Gasteiger charge is 2.30. The molecule has 0 aromatic carbocycles. The number of aryl methyl sites for hydroxylation is 2. The fraction of sp³-hybridized carbons (Fsp3) is 0.286. The SMILES string of the molecule is Cc1ccc(C(=O)C2CCc3cccnc32)s1. The van der Waals surface area contributed by atoms with Crippen LogP contribution in [0.1, 0.15) is 38.1 Å². The maximum Gasteiger partial charge on any atom is 0.181 e. The molecule has 2 nitrogen and oxygen atoms in total. The second-order valence-corrected chi connectivity index (χ2v) is 5.70. The zero-order chi connectivity index (χ0) is 11.8. The minimum atomic E-state index is -0.0238. The van der Waals surface area contributed by atoms with Crippen LogP contribution in [-0.4, -0.2) is 10.8 Å². The molecule has 17 heavy (non-hydrogen) atoms. The first kappa shape index (κ1) is 10.7. The molecule has 3 rings (SSSR count). The largest absolute Gasteiger partial charge is 0.293 e. The quantitative estimate of drug-likeness (QED) is 0.757. The van der Waals surface area contributed by atoms with Crippen LogP contribution in [0.15, 0.2) is 30.5 Å². The summed E-state index contributed by atoms with van der Waals surface area (Å²) in [6.45, 7) is 2.03. The van der Waals surface area contributed by atoms with E-state index in [2.05, 4.69) is 11.1 Å². The molecule has 2 heterocycles. The number of carbonyl (C=O) groups excluding carboxylic acids is 1. The lowest BCUT2D eigenvalue weighted by Crippen LogP contribution is -2.09. The van der Waals surface area contributed by atoms with E-state index in [-0.39, 0.29) is 11.7 Å². The smallest absolute Gasteiger partial charge is 0.181 e. The molecule has 0 saturated carbocycles. The number of pyridine rings is 1. The Bertz CT molecular complexity index is 573. The molecule has 1 unspecified atom stereocenters. The molecule has 0 radical (unpaired) electrons. The molecule has 0 fully saturated rings. The number of aromatic nitrogens is 1. The summed E-state index contributed by atoms with van der Waals surface area (Å²) in [6.07, 6.45) is 3.66. The molecule has 0 spiro atoms. The Morgan fingerprint density at radius 1 is 1.41 bits per heavy atom. The van der Waals surface area contributed by atoms with Gasteiger partial charge in [0, 0.05) is 11.1 Å². The van der Waals surface area contributed by atoms with Gasteiger partial charge in [0.05, 0.1) is 16.5 Å². The number of nitrogens with zero attached hydrogens (tertiary/aromatic N) is 1. The predicted molar refractivity (Wildman–Crippen MR) is 68.7 cm³/mol. The Morgan fingerprint density at radius 3 is 3.06 bits per heavy atom. The Kier molecular flexibility index (Phi) is 2.56. The third kappa shape index (κ3) is 1.80. The molecular weight excluding hydrogens is 230 g/mol. The summed E-state index contributed by atoms with van der Waals surface area (Å²) in [5.74, 6) is 0.213. The Balaban J connectivity index is 1.95. The minimum absolute atomic E-state index is 0.0238. The van der Waals surface area contributed by atoms with E-state index in [1.165, 1.54) is 10.4 Å². The van der Waals surface area contributed by atoms with Gasteiger partial charge < -0.3 is 0 Å². The van der Waals surface area contributed by atoms with Crippen molar-refractivity contribution in [3.8, 4) is 0 Å². The Morgan fingerprint density at radius 2 is 2.29 bits per heavy atom. The molecule has 1 aliphatic rings. The van der Waals surface area contributed by atoms with E-state index in [1.807, 2.05) is 25.1 Å². The van der Waals surface area contributed by atoms with Crippen LogP contribution < -0.4 is 0 Å². The first-order valence-corrected chi connectivity index (χ1v) is 6.62. The average molecular weight is 243 g/mol. The van der Waals surface area contributed by atoms with Gasteiger partial charge in [-0.2, -0.15) is 0 Å². The molecule has 86 valence electrons. The normalized spacial score (nSPS) is 18.1. The second-order valence-electron chi connectivity index (χ2n) is 4.41.